The Morgan fingerprint density at radius 1 is 1.24 bits per heavy atom. The number of benzene rings is 2. The van der Waals surface area contributed by atoms with E-state index in [0.29, 0.717) is 10.2 Å². The van der Waals surface area contributed by atoms with Crippen molar-refractivity contribution in [1.82, 2.24) is 14.9 Å². The fourth-order valence-electron chi connectivity index (χ4n) is 3.17. The molecular formula is C20H19ClFN5OS. The number of hydrogen-bond acceptors (Lipinski definition) is 5. The first-order valence-corrected chi connectivity index (χ1v) is 10.5. The van der Waals surface area contributed by atoms with Crippen LogP contribution >= 0.6 is 23.4 Å². The Morgan fingerprint density at radius 2 is 2.00 bits per heavy atom. The van der Waals surface area contributed by atoms with Crippen molar-refractivity contribution in [3.63, 3.8) is 0 Å². The van der Waals surface area contributed by atoms with E-state index in [1.54, 1.807) is 24.3 Å². The molecule has 150 valence electrons. The van der Waals surface area contributed by atoms with Crippen LogP contribution in [0.2, 0.25) is 5.02 Å². The van der Waals surface area contributed by atoms with Gasteiger partial charge in [-0.3, -0.25) is 4.79 Å². The highest BCUT2D eigenvalue weighted by Crippen LogP contribution is 2.38. The number of carbonyl (C=O) groups excluding carboxylic acids is 1. The molecule has 0 saturated carbocycles. The molecule has 9 heteroatoms. The third-order valence-electron chi connectivity index (χ3n) is 4.60. The second-order valence-electron chi connectivity index (χ2n) is 6.65. The number of carbonyl (C=O) groups is 1. The molecule has 0 saturated heterocycles. The van der Waals surface area contributed by atoms with E-state index < -0.39 is 11.1 Å². The summed E-state index contributed by atoms with van der Waals surface area (Å²) in [5.41, 5.74) is 4.40. The van der Waals surface area contributed by atoms with Crippen molar-refractivity contribution in [3.8, 4) is 0 Å². The van der Waals surface area contributed by atoms with Crippen molar-refractivity contribution in [2.24, 2.45) is 0 Å². The minimum absolute atomic E-state index is 0.145. The quantitative estimate of drug-likeness (QED) is 0.625. The third kappa shape index (κ3) is 4.09. The van der Waals surface area contributed by atoms with Gasteiger partial charge in [-0.1, -0.05) is 54.6 Å². The average Bonchev–Trinajstić information content (AvgIpc) is 3.11. The van der Waals surface area contributed by atoms with Gasteiger partial charge in [0.2, 0.25) is 11.1 Å². The summed E-state index contributed by atoms with van der Waals surface area (Å²) in [6.07, 6.45) is 1.69. The number of thioether (sulfide) groups is 1. The lowest BCUT2D eigenvalue weighted by Gasteiger charge is -2.33. The van der Waals surface area contributed by atoms with Crippen molar-refractivity contribution in [2.75, 3.05) is 10.7 Å². The molecule has 1 aliphatic rings. The summed E-state index contributed by atoms with van der Waals surface area (Å²) in [5, 5.41) is 11.8. The maximum absolute atomic E-state index is 14.0. The molecule has 0 aliphatic carbocycles. The molecule has 4 rings (SSSR count). The summed E-state index contributed by atoms with van der Waals surface area (Å²) in [6, 6.07) is 13.0. The topological polar surface area (TPSA) is 71.8 Å². The molecule has 3 aromatic rings. The highest BCUT2D eigenvalue weighted by Gasteiger charge is 2.38. The van der Waals surface area contributed by atoms with Crippen LogP contribution in [0, 0.1) is 5.82 Å². The normalized spacial score (nSPS) is 18.0. The number of hydrogen-bond donors (Lipinski definition) is 2. The Morgan fingerprint density at radius 3 is 2.72 bits per heavy atom. The fraction of sp³-hybridized carbons (Fsp3) is 0.250. The number of fused-ring (bicyclic) bond motifs is 1. The van der Waals surface area contributed by atoms with Crippen LogP contribution in [0.25, 0.3) is 0 Å². The Kier molecular flexibility index (Phi) is 5.73. The summed E-state index contributed by atoms with van der Waals surface area (Å²) in [6.45, 7) is 2.07. The first kappa shape index (κ1) is 19.7. The molecule has 0 bridgehead atoms. The molecule has 1 aliphatic heterocycles. The number of aryl methyl sites for hydroxylation is 1. The fourth-order valence-corrected chi connectivity index (χ4v) is 4.40. The Labute approximate surface area is 176 Å². The van der Waals surface area contributed by atoms with Gasteiger partial charge in [-0.2, -0.15) is 0 Å². The third-order valence-corrected chi connectivity index (χ3v) is 6.06. The largest absolute Gasteiger partial charge is 0.323 e. The van der Waals surface area contributed by atoms with Gasteiger partial charge in [0.25, 0.3) is 0 Å². The van der Waals surface area contributed by atoms with Crippen molar-refractivity contribution in [3.05, 3.63) is 70.8 Å². The summed E-state index contributed by atoms with van der Waals surface area (Å²) in [5.74, 6) is 0.00632. The van der Waals surface area contributed by atoms with Crippen LogP contribution in [0.3, 0.4) is 0 Å². The van der Waals surface area contributed by atoms with Gasteiger partial charge in [-0.15, -0.1) is 10.2 Å². The lowest BCUT2D eigenvalue weighted by molar-refractivity contribution is -0.116. The zero-order chi connectivity index (χ0) is 20.4. The average molecular weight is 432 g/mol. The summed E-state index contributed by atoms with van der Waals surface area (Å²) < 4.78 is 15.9. The lowest BCUT2D eigenvalue weighted by Crippen LogP contribution is -2.41. The maximum Gasteiger partial charge on any atom is 0.240 e. The molecule has 1 amide bonds. The Balaban J connectivity index is 1.67. The van der Waals surface area contributed by atoms with Crippen LogP contribution < -0.4 is 10.7 Å². The van der Waals surface area contributed by atoms with Crippen molar-refractivity contribution >= 4 is 35.0 Å². The van der Waals surface area contributed by atoms with E-state index in [1.165, 1.54) is 23.9 Å². The number of aromatic nitrogens is 3. The van der Waals surface area contributed by atoms with Crippen molar-refractivity contribution < 1.29 is 9.18 Å². The smallest absolute Gasteiger partial charge is 0.240 e. The number of amides is 1. The highest BCUT2D eigenvalue weighted by atomic mass is 35.5. The Bertz CT molecular complexity index is 1030. The first-order valence-electron chi connectivity index (χ1n) is 9.25. The monoisotopic (exact) mass is 431 g/mol. The van der Waals surface area contributed by atoms with E-state index in [1.807, 2.05) is 16.8 Å². The van der Waals surface area contributed by atoms with Crippen LogP contribution in [-0.4, -0.2) is 26.0 Å². The summed E-state index contributed by atoms with van der Waals surface area (Å²) >= 11 is 7.34. The van der Waals surface area contributed by atoms with Gasteiger partial charge in [-0.25, -0.2) is 9.07 Å². The minimum atomic E-state index is -0.582. The molecule has 2 N–H and O–H groups in total. The van der Waals surface area contributed by atoms with E-state index in [2.05, 4.69) is 27.9 Å². The zero-order valence-corrected chi connectivity index (χ0v) is 17.2. The van der Waals surface area contributed by atoms with E-state index in [4.69, 9.17) is 11.6 Å². The molecule has 2 aromatic carbocycles. The van der Waals surface area contributed by atoms with Gasteiger partial charge in [0.1, 0.15) is 11.1 Å². The second kappa shape index (κ2) is 8.42. The predicted octanol–water partition coefficient (Wildman–Crippen LogP) is 4.42. The van der Waals surface area contributed by atoms with Crippen molar-refractivity contribution in [1.29, 1.82) is 0 Å². The number of rotatable bonds is 5. The van der Waals surface area contributed by atoms with Gasteiger partial charge in [0, 0.05) is 11.4 Å². The zero-order valence-electron chi connectivity index (χ0n) is 15.6. The van der Waals surface area contributed by atoms with Gasteiger partial charge in [-0.05, 0) is 36.2 Å². The predicted molar refractivity (Wildman–Crippen MR) is 112 cm³/mol. The van der Waals surface area contributed by atoms with Crippen LogP contribution in [0.1, 0.15) is 30.8 Å². The van der Waals surface area contributed by atoms with Crippen LogP contribution in [0.4, 0.5) is 10.1 Å². The molecule has 1 aromatic heterocycles. The second-order valence-corrected chi connectivity index (χ2v) is 8.20. The molecule has 0 spiro atoms. The van der Waals surface area contributed by atoms with Crippen LogP contribution in [0.5, 0.6) is 0 Å². The van der Waals surface area contributed by atoms with Gasteiger partial charge in [0.05, 0.1) is 11.7 Å². The van der Waals surface area contributed by atoms with Crippen LogP contribution in [-0.2, 0) is 11.2 Å². The molecule has 0 radical (unpaired) electrons. The Hall–Kier alpha value is -2.58. The standard InChI is InChI=1S/C20H19ClFN5OS/c1-2-5-16-24-25-20-27(16)26-17(12-8-10-13(21)11-9-12)18(29-20)19(28)23-15-7-4-3-6-14(15)22/h3-4,6-11,17-18,26H,2,5H2,1H3,(H,23,28)/t17-,18+/m1/s1. The van der Waals surface area contributed by atoms with Gasteiger partial charge >= 0.3 is 0 Å². The SMILES string of the molecule is CCCc1nnc2n1N[C@H](c1ccc(Cl)cc1)[C@@H](C(=O)Nc1ccccc1F)S2. The minimum Gasteiger partial charge on any atom is -0.323 e. The first-order chi connectivity index (χ1) is 14.1. The number of nitrogens with one attached hydrogen (secondary N) is 2. The molecule has 6 nitrogen and oxygen atoms in total. The van der Waals surface area contributed by atoms with E-state index in [0.717, 1.165) is 24.2 Å². The molecule has 0 unspecified atom stereocenters. The van der Waals surface area contributed by atoms with Gasteiger partial charge < -0.3 is 10.7 Å². The highest BCUT2D eigenvalue weighted by molar-refractivity contribution is 8.00. The molecule has 0 fully saturated rings. The molecule has 2 atom stereocenters. The summed E-state index contributed by atoms with van der Waals surface area (Å²) in [4.78, 5) is 13.1. The van der Waals surface area contributed by atoms with E-state index in [9.17, 15) is 9.18 Å². The van der Waals surface area contributed by atoms with E-state index in [-0.39, 0.29) is 17.6 Å². The number of nitrogens with zero attached hydrogens (tertiary/aromatic N) is 3. The number of halogens is 2. The van der Waals surface area contributed by atoms with Crippen LogP contribution in [0.15, 0.2) is 53.7 Å². The number of anilines is 1. The summed E-state index contributed by atoms with van der Waals surface area (Å²) in [7, 11) is 0. The maximum atomic E-state index is 14.0. The lowest BCUT2D eigenvalue weighted by atomic mass is 10.0. The molecule has 29 heavy (non-hydrogen) atoms. The number of para-hydroxylation sites is 1. The molecular weight excluding hydrogens is 413 g/mol. The van der Waals surface area contributed by atoms with Gasteiger partial charge in [0.15, 0.2) is 5.82 Å². The molecule has 2 heterocycles. The van der Waals surface area contributed by atoms with E-state index >= 15 is 0 Å². The van der Waals surface area contributed by atoms with Crippen molar-refractivity contribution in [2.45, 2.75) is 36.2 Å².